The molecule has 0 radical (unpaired) electrons. The topological polar surface area (TPSA) is 162 Å². The van der Waals surface area contributed by atoms with Crippen molar-refractivity contribution in [3.8, 4) is 22.6 Å². The maximum Gasteiger partial charge on any atom is 0.255 e. The van der Waals surface area contributed by atoms with Crippen molar-refractivity contribution in [2.75, 3.05) is 21.2 Å². The Hall–Kier alpha value is -4.15. The van der Waals surface area contributed by atoms with Crippen molar-refractivity contribution in [1.29, 1.82) is 0 Å². The molecule has 0 heterocycles. The number of rotatable bonds is 7. The number of hydrogen-bond acceptors (Lipinski definition) is 9. The van der Waals surface area contributed by atoms with E-state index in [1.54, 1.807) is 32.2 Å². The van der Waals surface area contributed by atoms with Crippen LogP contribution in [0.3, 0.4) is 0 Å². The number of likely N-dealkylation sites (N-methyl/N-ethyl adjacent to an activating group) is 1. The third-order valence-corrected chi connectivity index (χ3v) is 8.72. The number of ether oxygens (including phenoxy) is 1. The lowest BCUT2D eigenvalue weighted by Gasteiger charge is -2.46. The zero-order valence-electron chi connectivity index (χ0n) is 24.4. The van der Waals surface area contributed by atoms with Gasteiger partial charge in [-0.25, -0.2) is 0 Å². The third kappa shape index (κ3) is 4.64. The first-order valence-electron chi connectivity index (χ1n) is 14.0. The lowest BCUT2D eigenvalue weighted by atomic mass is 9.60. The number of nitrogens with two attached hydrogens (primary N) is 1. The molecule has 0 saturated carbocycles. The van der Waals surface area contributed by atoms with Crippen LogP contribution in [0.4, 0.5) is 0 Å². The summed E-state index contributed by atoms with van der Waals surface area (Å²) in [6.07, 6.45) is 0.580. The van der Waals surface area contributed by atoms with Gasteiger partial charge in [0.2, 0.25) is 0 Å². The van der Waals surface area contributed by atoms with E-state index in [-0.39, 0.29) is 29.3 Å². The minimum absolute atomic E-state index is 0.0501. The number of aliphatic hydroxyl groups excluding tert-OH is 2. The fraction of sp³-hybridized carbons (Fsp3) is 0.406. The maximum absolute atomic E-state index is 14.0. The summed E-state index contributed by atoms with van der Waals surface area (Å²) in [6.45, 7) is 4.75. The summed E-state index contributed by atoms with van der Waals surface area (Å²) >= 11 is 0. The van der Waals surface area contributed by atoms with Crippen LogP contribution in [-0.2, 0) is 22.6 Å². The molecule has 42 heavy (non-hydrogen) atoms. The first-order chi connectivity index (χ1) is 19.9. The lowest BCUT2D eigenvalue weighted by Crippen LogP contribution is -2.53. The summed E-state index contributed by atoms with van der Waals surface area (Å²) in [5.74, 6) is -5.27. The van der Waals surface area contributed by atoms with E-state index in [0.717, 1.165) is 16.7 Å². The molecule has 3 aliphatic rings. The van der Waals surface area contributed by atoms with Gasteiger partial charge in [-0.15, -0.1) is 0 Å². The summed E-state index contributed by atoms with van der Waals surface area (Å²) in [5, 5.41) is 36.8. The van der Waals surface area contributed by atoms with Gasteiger partial charge in [0, 0.05) is 23.7 Å². The quantitative estimate of drug-likeness (QED) is 0.312. The number of phenols is 1. The number of benzene rings is 2. The standard InChI is InChI=1S/C32H37N3O7/c1-14(2)34-13-15-6-9-22(42-5)18(10-15)17-7-8-21(36)24-19(17)11-16-12-20-25(29(38)23(16)28(24)37)30(39)26(32(33)41)31(40)27(20)35(3)4/h6-10,14,16,20,25,27,34,36,38,40H,11-13H2,1-5H3,(H2,33,41). The molecule has 0 saturated heterocycles. The fourth-order valence-electron chi connectivity index (χ4n) is 6.92. The summed E-state index contributed by atoms with van der Waals surface area (Å²) in [7, 11) is 4.98. The summed E-state index contributed by atoms with van der Waals surface area (Å²) < 4.78 is 5.69. The van der Waals surface area contributed by atoms with Crippen molar-refractivity contribution in [1.82, 2.24) is 10.2 Å². The molecule has 0 aromatic heterocycles. The molecule has 4 unspecified atom stereocenters. The van der Waals surface area contributed by atoms with E-state index >= 15 is 0 Å². The van der Waals surface area contributed by atoms with Crippen LogP contribution in [0.2, 0.25) is 0 Å². The summed E-state index contributed by atoms with van der Waals surface area (Å²) in [6, 6.07) is 8.57. The van der Waals surface area contributed by atoms with E-state index < -0.39 is 58.4 Å². The average molecular weight is 576 g/mol. The number of nitrogens with one attached hydrogen (secondary N) is 1. The van der Waals surface area contributed by atoms with Gasteiger partial charge >= 0.3 is 0 Å². The molecule has 10 heteroatoms. The molecule has 0 spiro atoms. The molecule has 2 aromatic carbocycles. The van der Waals surface area contributed by atoms with Crippen molar-refractivity contribution in [3.63, 3.8) is 0 Å². The Balaban J connectivity index is 1.66. The van der Waals surface area contributed by atoms with Crippen molar-refractivity contribution in [3.05, 3.63) is 69.7 Å². The van der Waals surface area contributed by atoms with E-state index in [2.05, 4.69) is 19.2 Å². The predicted octanol–water partition coefficient (Wildman–Crippen LogP) is 3.18. The average Bonchev–Trinajstić information content (AvgIpc) is 2.91. The Morgan fingerprint density at radius 3 is 2.43 bits per heavy atom. The fourth-order valence-corrected chi connectivity index (χ4v) is 6.92. The van der Waals surface area contributed by atoms with Crippen molar-refractivity contribution >= 4 is 17.5 Å². The second-order valence-corrected chi connectivity index (χ2v) is 11.9. The molecule has 3 aliphatic carbocycles. The molecule has 5 rings (SSSR count). The number of primary amides is 1. The van der Waals surface area contributed by atoms with E-state index in [1.807, 2.05) is 18.2 Å². The van der Waals surface area contributed by atoms with Crippen LogP contribution in [0, 0.1) is 17.8 Å². The molecule has 2 aromatic rings. The monoisotopic (exact) mass is 575 g/mol. The largest absolute Gasteiger partial charge is 0.511 e. The van der Waals surface area contributed by atoms with E-state index in [4.69, 9.17) is 10.5 Å². The molecule has 10 nitrogen and oxygen atoms in total. The number of amides is 1. The van der Waals surface area contributed by atoms with Gasteiger partial charge in [0.15, 0.2) is 11.6 Å². The summed E-state index contributed by atoms with van der Waals surface area (Å²) in [5.41, 5.74) is 8.13. The molecule has 0 aliphatic heterocycles. The van der Waals surface area contributed by atoms with E-state index in [1.165, 1.54) is 6.07 Å². The van der Waals surface area contributed by atoms with Crippen LogP contribution in [-0.4, -0.2) is 71.0 Å². The van der Waals surface area contributed by atoms with Gasteiger partial charge in [0.25, 0.3) is 5.91 Å². The minimum Gasteiger partial charge on any atom is -0.511 e. The smallest absolute Gasteiger partial charge is 0.255 e. The molecule has 0 bridgehead atoms. The number of allylic oxidation sites excluding steroid dienone is 2. The number of nitrogens with zero attached hydrogens (tertiary/aromatic N) is 1. The number of aromatic hydroxyl groups is 1. The first kappa shape index (κ1) is 29.3. The maximum atomic E-state index is 14.0. The third-order valence-electron chi connectivity index (χ3n) is 8.72. The zero-order valence-corrected chi connectivity index (χ0v) is 24.4. The van der Waals surface area contributed by atoms with Crippen molar-refractivity contribution in [2.45, 2.75) is 45.3 Å². The Labute approximate surface area is 244 Å². The molecular weight excluding hydrogens is 538 g/mol. The highest BCUT2D eigenvalue weighted by molar-refractivity contribution is 6.22. The number of aliphatic hydroxyl groups is 2. The van der Waals surface area contributed by atoms with Gasteiger partial charge in [-0.05, 0) is 73.7 Å². The van der Waals surface area contributed by atoms with Gasteiger partial charge < -0.3 is 31.1 Å². The molecule has 6 N–H and O–H groups in total. The van der Waals surface area contributed by atoms with Crippen LogP contribution < -0.4 is 15.8 Å². The first-order valence-corrected chi connectivity index (χ1v) is 14.0. The van der Waals surface area contributed by atoms with E-state index in [0.29, 0.717) is 24.3 Å². The number of carbonyl (C=O) groups excluding carboxylic acids is 3. The highest BCUT2D eigenvalue weighted by Gasteiger charge is 2.54. The van der Waals surface area contributed by atoms with Crippen molar-refractivity contribution in [2.24, 2.45) is 23.5 Å². The highest BCUT2D eigenvalue weighted by Crippen LogP contribution is 2.51. The SMILES string of the molecule is COc1ccc(CNC(C)C)cc1-c1ccc(O)c2c1CC1CC3C(C(=O)C(C(N)=O)=C(O)C3N(C)C)C(O)=C1C2=O. The lowest BCUT2D eigenvalue weighted by molar-refractivity contribution is -0.127. The number of hydrogen-bond donors (Lipinski definition) is 5. The Morgan fingerprint density at radius 1 is 1.10 bits per heavy atom. The Morgan fingerprint density at radius 2 is 1.81 bits per heavy atom. The Kier molecular flexibility index (Phi) is 7.63. The van der Waals surface area contributed by atoms with Gasteiger partial charge in [0.05, 0.1) is 24.6 Å². The van der Waals surface area contributed by atoms with Crippen molar-refractivity contribution < 1.29 is 34.4 Å². The van der Waals surface area contributed by atoms with Crippen LogP contribution >= 0.6 is 0 Å². The van der Waals surface area contributed by atoms with Crippen LogP contribution in [0.15, 0.2) is 53.0 Å². The zero-order chi connectivity index (χ0) is 30.6. The van der Waals surface area contributed by atoms with Gasteiger partial charge in [-0.1, -0.05) is 26.0 Å². The minimum atomic E-state index is -1.22. The van der Waals surface area contributed by atoms with Crippen LogP contribution in [0.25, 0.3) is 11.1 Å². The second-order valence-electron chi connectivity index (χ2n) is 11.9. The number of methoxy groups -OCH3 is 1. The molecule has 1 amide bonds. The van der Waals surface area contributed by atoms with E-state index in [9.17, 15) is 29.7 Å². The molecular formula is C32H37N3O7. The molecule has 0 fully saturated rings. The van der Waals surface area contributed by atoms with Gasteiger partial charge in [-0.3, -0.25) is 19.3 Å². The molecule has 222 valence electrons. The number of Topliss-reactive ketones (excluding diaryl/α,β-unsaturated/α-hetero) is 2. The number of carbonyl (C=O) groups is 3. The number of phenolic OH excluding ortho intramolecular Hbond substituents is 1. The predicted molar refractivity (Wildman–Crippen MR) is 156 cm³/mol. The Bertz CT molecular complexity index is 1560. The molecule has 4 atom stereocenters. The van der Waals surface area contributed by atoms with Gasteiger partial charge in [-0.2, -0.15) is 0 Å². The normalized spacial score (nSPS) is 23.7. The number of ketones is 2. The van der Waals surface area contributed by atoms with Gasteiger partial charge in [0.1, 0.15) is 28.6 Å². The number of fused-ring (bicyclic) bond motifs is 3. The highest BCUT2D eigenvalue weighted by atomic mass is 16.5. The van der Waals surface area contributed by atoms with Crippen LogP contribution in [0.1, 0.15) is 41.8 Å². The summed E-state index contributed by atoms with van der Waals surface area (Å²) in [4.78, 5) is 41.3. The second kappa shape index (κ2) is 10.9. The van der Waals surface area contributed by atoms with Crippen LogP contribution in [0.5, 0.6) is 11.5 Å².